The lowest BCUT2D eigenvalue weighted by atomic mass is 10.2. The van der Waals surface area contributed by atoms with Crippen LogP contribution in [0.5, 0.6) is 0 Å². The van der Waals surface area contributed by atoms with Crippen LogP contribution in [-0.2, 0) is 13.1 Å². The largest absolute Gasteiger partial charge is 0.477 e. The minimum atomic E-state index is -1.01. The molecule has 7 heteroatoms. The van der Waals surface area contributed by atoms with Gasteiger partial charge in [-0.25, -0.2) is 9.78 Å². The Bertz CT molecular complexity index is 536. The van der Waals surface area contributed by atoms with Crippen LogP contribution in [0.15, 0.2) is 15.4 Å². The van der Waals surface area contributed by atoms with Crippen LogP contribution >= 0.6 is 11.3 Å². The van der Waals surface area contributed by atoms with E-state index in [1.54, 1.807) is 12.4 Å². The molecule has 1 N–H and O–H groups in total. The van der Waals surface area contributed by atoms with Crippen molar-refractivity contribution in [2.24, 2.45) is 0 Å². The standard InChI is InChI=1S/C11H13N3O3S/c1-7-10(11(15)16)9(13-17-7)4-14(2)3-8-5-18-6-12-8/h5-6H,3-4H2,1-2H3,(H,15,16). The van der Waals surface area contributed by atoms with Crippen LogP contribution in [0.3, 0.4) is 0 Å². The van der Waals surface area contributed by atoms with Gasteiger partial charge in [-0.1, -0.05) is 5.16 Å². The zero-order valence-corrected chi connectivity index (χ0v) is 10.9. The Morgan fingerprint density at radius 2 is 2.33 bits per heavy atom. The first-order chi connectivity index (χ1) is 8.58. The normalized spacial score (nSPS) is 11.1. The summed E-state index contributed by atoms with van der Waals surface area (Å²) in [6.45, 7) is 2.66. The Hall–Kier alpha value is -1.73. The number of carbonyl (C=O) groups is 1. The third-order valence-corrected chi connectivity index (χ3v) is 3.12. The average molecular weight is 267 g/mol. The fraction of sp³-hybridized carbons (Fsp3) is 0.364. The molecule has 0 spiro atoms. The van der Waals surface area contributed by atoms with Crippen LogP contribution in [0, 0.1) is 6.92 Å². The van der Waals surface area contributed by atoms with E-state index in [1.807, 2.05) is 17.3 Å². The molecule has 0 aliphatic rings. The van der Waals surface area contributed by atoms with Crippen molar-refractivity contribution in [3.63, 3.8) is 0 Å². The van der Waals surface area contributed by atoms with Gasteiger partial charge in [0.05, 0.1) is 11.2 Å². The molecular formula is C11H13N3O3S. The van der Waals surface area contributed by atoms with Crippen LogP contribution in [0.1, 0.15) is 27.5 Å². The smallest absolute Gasteiger partial charge is 0.341 e. The van der Waals surface area contributed by atoms with Crippen molar-refractivity contribution < 1.29 is 14.4 Å². The van der Waals surface area contributed by atoms with E-state index in [0.717, 1.165) is 5.69 Å². The summed E-state index contributed by atoms with van der Waals surface area (Å²) in [5.74, 6) is -0.676. The van der Waals surface area contributed by atoms with E-state index < -0.39 is 5.97 Å². The molecule has 96 valence electrons. The lowest BCUT2D eigenvalue weighted by Gasteiger charge is -2.13. The van der Waals surface area contributed by atoms with Gasteiger partial charge in [0.1, 0.15) is 17.0 Å². The highest BCUT2D eigenvalue weighted by atomic mass is 32.1. The molecule has 0 unspecified atom stereocenters. The van der Waals surface area contributed by atoms with Crippen molar-refractivity contribution in [1.82, 2.24) is 15.0 Å². The highest BCUT2D eigenvalue weighted by Gasteiger charge is 2.20. The number of aryl methyl sites for hydroxylation is 1. The third-order valence-electron chi connectivity index (χ3n) is 2.48. The van der Waals surface area contributed by atoms with Gasteiger partial charge >= 0.3 is 5.97 Å². The summed E-state index contributed by atoms with van der Waals surface area (Å²) in [7, 11) is 1.88. The summed E-state index contributed by atoms with van der Waals surface area (Å²) in [4.78, 5) is 17.2. The van der Waals surface area contributed by atoms with Crippen molar-refractivity contribution in [2.75, 3.05) is 7.05 Å². The monoisotopic (exact) mass is 267 g/mol. The van der Waals surface area contributed by atoms with Crippen molar-refractivity contribution in [1.29, 1.82) is 0 Å². The topological polar surface area (TPSA) is 79.5 Å². The van der Waals surface area contributed by atoms with E-state index in [1.165, 1.54) is 11.3 Å². The van der Waals surface area contributed by atoms with Gasteiger partial charge in [-0.05, 0) is 14.0 Å². The predicted octanol–water partition coefficient (Wildman–Crippen LogP) is 1.77. The molecule has 0 fully saturated rings. The molecule has 0 radical (unpaired) electrons. The van der Waals surface area contributed by atoms with E-state index in [2.05, 4.69) is 10.1 Å². The second kappa shape index (κ2) is 5.28. The van der Waals surface area contributed by atoms with Gasteiger partial charge in [-0.3, -0.25) is 4.90 Å². The minimum Gasteiger partial charge on any atom is -0.477 e. The highest BCUT2D eigenvalue weighted by molar-refractivity contribution is 7.07. The Kier molecular flexibility index (Phi) is 3.73. The third kappa shape index (κ3) is 2.74. The molecule has 2 rings (SSSR count). The zero-order valence-electron chi connectivity index (χ0n) is 10.1. The Balaban J connectivity index is 2.07. The molecule has 0 aliphatic heterocycles. The van der Waals surface area contributed by atoms with Gasteiger partial charge < -0.3 is 9.63 Å². The summed E-state index contributed by atoms with van der Waals surface area (Å²) >= 11 is 1.53. The van der Waals surface area contributed by atoms with E-state index in [0.29, 0.717) is 24.5 Å². The molecular weight excluding hydrogens is 254 g/mol. The van der Waals surface area contributed by atoms with Crippen LogP contribution in [0.25, 0.3) is 0 Å². The van der Waals surface area contributed by atoms with Gasteiger partial charge in [0, 0.05) is 18.5 Å². The number of carboxylic acid groups (broad SMARTS) is 1. The maximum Gasteiger partial charge on any atom is 0.341 e. The van der Waals surface area contributed by atoms with Crippen LogP contribution in [-0.4, -0.2) is 33.2 Å². The maximum absolute atomic E-state index is 11.1. The second-order valence-electron chi connectivity index (χ2n) is 4.02. The molecule has 0 bridgehead atoms. The molecule has 0 amide bonds. The molecule has 0 saturated carbocycles. The van der Waals surface area contributed by atoms with Crippen LogP contribution < -0.4 is 0 Å². The summed E-state index contributed by atoms with van der Waals surface area (Å²) in [6.07, 6.45) is 0. The van der Waals surface area contributed by atoms with E-state index in [-0.39, 0.29) is 5.56 Å². The second-order valence-corrected chi connectivity index (χ2v) is 4.74. The molecule has 0 atom stereocenters. The first-order valence-corrected chi connectivity index (χ1v) is 6.26. The SMILES string of the molecule is Cc1onc(CN(C)Cc2cscn2)c1C(=O)O. The number of thiazole rings is 1. The molecule has 2 aromatic rings. The van der Waals surface area contributed by atoms with Gasteiger partial charge in [0.25, 0.3) is 0 Å². The Morgan fingerprint density at radius 3 is 2.94 bits per heavy atom. The summed E-state index contributed by atoms with van der Waals surface area (Å²) < 4.78 is 4.92. The van der Waals surface area contributed by atoms with Crippen molar-refractivity contribution in [3.8, 4) is 0 Å². The Morgan fingerprint density at radius 1 is 1.56 bits per heavy atom. The lowest BCUT2D eigenvalue weighted by Crippen LogP contribution is -2.19. The average Bonchev–Trinajstić information content (AvgIpc) is 2.88. The fourth-order valence-corrected chi connectivity index (χ4v) is 2.25. The molecule has 2 heterocycles. The van der Waals surface area contributed by atoms with E-state index >= 15 is 0 Å². The van der Waals surface area contributed by atoms with Gasteiger partial charge in [-0.15, -0.1) is 11.3 Å². The van der Waals surface area contributed by atoms with Crippen molar-refractivity contribution >= 4 is 17.3 Å². The van der Waals surface area contributed by atoms with E-state index in [4.69, 9.17) is 9.63 Å². The quantitative estimate of drug-likeness (QED) is 0.889. The van der Waals surface area contributed by atoms with Gasteiger partial charge in [-0.2, -0.15) is 0 Å². The Labute approximate surface area is 108 Å². The summed E-state index contributed by atoms with van der Waals surface area (Å²) in [5, 5.41) is 14.8. The molecule has 18 heavy (non-hydrogen) atoms. The lowest BCUT2D eigenvalue weighted by molar-refractivity contribution is 0.0693. The number of hydrogen-bond acceptors (Lipinski definition) is 6. The number of carboxylic acids is 1. The fourth-order valence-electron chi connectivity index (χ4n) is 1.70. The highest BCUT2D eigenvalue weighted by Crippen LogP contribution is 2.15. The number of aromatic carboxylic acids is 1. The summed E-state index contributed by atoms with van der Waals surface area (Å²) in [5.41, 5.74) is 3.32. The van der Waals surface area contributed by atoms with Gasteiger partial charge in [0.2, 0.25) is 0 Å². The molecule has 0 saturated heterocycles. The minimum absolute atomic E-state index is 0.153. The van der Waals surface area contributed by atoms with Crippen LogP contribution in [0.4, 0.5) is 0 Å². The van der Waals surface area contributed by atoms with Gasteiger partial charge in [0.15, 0.2) is 0 Å². The number of hydrogen-bond donors (Lipinski definition) is 1. The zero-order chi connectivity index (χ0) is 13.1. The number of rotatable bonds is 5. The predicted molar refractivity (Wildman–Crippen MR) is 65.5 cm³/mol. The molecule has 0 aromatic carbocycles. The maximum atomic E-state index is 11.1. The van der Waals surface area contributed by atoms with Crippen molar-refractivity contribution in [2.45, 2.75) is 20.0 Å². The van der Waals surface area contributed by atoms with Crippen molar-refractivity contribution in [3.05, 3.63) is 33.6 Å². The van der Waals surface area contributed by atoms with E-state index in [9.17, 15) is 4.79 Å². The molecule has 6 nitrogen and oxygen atoms in total. The van der Waals surface area contributed by atoms with Crippen LogP contribution in [0.2, 0.25) is 0 Å². The summed E-state index contributed by atoms with van der Waals surface area (Å²) in [6, 6.07) is 0. The first kappa shape index (κ1) is 12.7. The molecule has 0 aliphatic carbocycles. The first-order valence-electron chi connectivity index (χ1n) is 5.32. The number of aromatic nitrogens is 2. The molecule has 2 aromatic heterocycles. The number of nitrogens with zero attached hydrogens (tertiary/aromatic N) is 3.